The number of carbonyl (C=O) groups is 1. The lowest BCUT2D eigenvalue weighted by Gasteiger charge is -2.20. The number of para-hydroxylation sites is 1. The van der Waals surface area contributed by atoms with E-state index in [1.807, 2.05) is 43.3 Å². The van der Waals surface area contributed by atoms with Gasteiger partial charge in [-0.1, -0.05) is 32.0 Å². The van der Waals surface area contributed by atoms with Crippen LogP contribution in [-0.2, 0) is 6.42 Å². The van der Waals surface area contributed by atoms with Crippen molar-refractivity contribution in [2.75, 3.05) is 13.3 Å². The SMILES string of the molecule is Cc1cc(=O)c(C(=O)NCCC(C)C)c2n1-c1ccccc1SC(c1ccc3c(c1)OCO3)C2. The summed E-state index contributed by atoms with van der Waals surface area (Å²) in [7, 11) is 0. The molecule has 1 amide bonds. The van der Waals surface area contributed by atoms with Crippen LogP contribution in [0.2, 0.25) is 0 Å². The first-order valence-electron chi connectivity index (χ1n) is 11.6. The summed E-state index contributed by atoms with van der Waals surface area (Å²) in [5, 5.41) is 2.97. The van der Waals surface area contributed by atoms with Gasteiger partial charge in [0.05, 0.1) is 5.69 Å². The molecule has 1 unspecified atom stereocenters. The summed E-state index contributed by atoms with van der Waals surface area (Å²) in [6, 6.07) is 15.7. The third kappa shape index (κ3) is 4.20. The highest BCUT2D eigenvalue weighted by molar-refractivity contribution is 7.99. The quantitative estimate of drug-likeness (QED) is 0.559. The molecule has 6 nitrogen and oxygen atoms in total. The second-order valence-corrected chi connectivity index (χ2v) is 10.4. The van der Waals surface area contributed by atoms with Gasteiger partial charge in [-0.05, 0) is 49.1 Å². The van der Waals surface area contributed by atoms with Gasteiger partial charge in [0.25, 0.3) is 5.91 Å². The molecule has 0 saturated carbocycles. The molecule has 2 aliphatic rings. The van der Waals surface area contributed by atoms with Crippen molar-refractivity contribution in [2.24, 2.45) is 5.92 Å². The highest BCUT2D eigenvalue weighted by atomic mass is 32.2. The number of amides is 1. The van der Waals surface area contributed by atoms with Gasteiger partial charge >= 0.3 is 0 Å². The average molecular weight is 477 g/mol. The van der Waals surface area contributed by atoms with Gasteiger partial charge in [-0.25, -0.2) is 0 Å². The van der Waals surface area contributed by atoms with Crippen LogP contribution in [0.15, 0.2) is 58.2 Å². The van der Waals surface area contributed by atoms with E-state index in [0.717, 1.165) is 45.5 Å². The number of aryl methyl sites for hydroxylation is 1. The molecule has 7 heteroatoms. The maximum atomic E-state index is 13.3. The summed E-state index contributed by atoms with van der Waals surface area (Å²) in [4.78, 5) is 27.5. The number of pyridine rings is 1. The van der Waals surface area contributed by atoms with Crippen LogP contribution in [-0.4, -0.2) is 23.8 Å². The number of thioether (sulfide) groups is 1. The molecule has 0 saturated heterocycles. The fourth-order valence-corrected chi connectivity index (χ4v) is 5.81. The van der Waals surface area contributed by atoms with E-state index in [0.29, 0.717) is 18.9 Å². The van der Waals surface area contributed by atoms with Crippen LogP contribution in [0.1, 0.15) is 52.8 Å². The molecule has 1 aromatic heterocycles. The Balaban J connectivity index is 1.63. The van der Waals surface area contributed by atoms with Crippen LogP contribution in [0, 0.1) is 12.8 Å². The lowest BCUT2D eigenvalue weighted by Crippen LogP contribution is -2.33. The number of hydrogen-bond donors (Lipinski definition) is 1. The van der Waals surface area contributed by atoms with E-state index in [9.17, 15) is 9.59 Å². The topological polar surface area (TPSA) is 69.6 Å². The highest BCUT2D eigenvalue weighted by Gasteiger charge is 2.30. The summed E-state index contributed by atoms with van der Waals surface area (Å²) in [5.74, 6) is 1.63. The average Bonchev–Trinajstić information content (AvgIpc) is 3.19. The molecule has 0 fully saturated rings. The number of hydrogen-bond acceptors (Lipinski definition) is 5. The second kappa shape index (κ2) is 9.22. The van der Waals surface area contributed by atoms with Crippen molar-refractivity contribution in [3.05, 3.63) is 81.3 Å². The van der Waals surface area contributed by atoms with Crippen LogP contribution in [0.5, 0.6) is 11.5 Å². The number of aromatic nitrogens is 1. The largest absolute Gasteiger partial charge is 0.454 e. The Morgan fingerprint density at radius 3 is 2.76 bits per heavy atom. The molecule has 0 spiro atoms. The van der Waals surface area contributed by atoms with Gasteiger partial charge in [0, 0.05) is 40.6 Å². The lowest BCUT2D eigenvalue weighted by molar-refractivity contribution is 0.0949. The molecule has 2 aromatic carbocycles. The zero-order valence-corrected chi connectivity index (χ0v) is 20.4. The minimum absolute atomic E-state index is 0.00665. The minimum atomic E-state index is -0.303. The molecule has 0 radical (unpaired) electrons. The van der Waals surface area contributed by atoms with Crippen LogP contribution in [0.25, 0.3) is 5.69 Å². The van der Waals surface area contributed by atoms with Crippen molar-refractivity contribution in [3.8, 4) is 17.2 Å². The van der Waals surface area contributed by atoms with Gasteiger partial charge in [-0.2, -0.15) is 0 Å². The molecule has 176 valence electrons. The fraction of sp³-hybridized carbons (Fsp3) is 0.333. The van der Waals surface area contributed by atoms with Crippen LogP contribution >= 0.6 is 11.8 Å². The third-order valence-electron chi connectivity index (χ3n) is 6.25. The number of rotatable bonds is 5. The van der Waals surface area contributed by atoms with Gasteiger partial charge in [-0.3, -0.25) is 9.59 Å². The molecule has 3 aromatic rings. The molecule has 2 aliphatic heterocycles. The zero-order chi connectivity index (χ0) is 23.8. The van der Waals surface area contributed by atoms with E-state index in [1.165, 1.54) is 0 Å². The predicted molar refractivity (Wildman–Crippen MR) is 133 cm³/mol. The summed E-state index contributed by atoms with van der Waals surface area (Å²) in [6.07, 6.45) is 1.39. The van der Waals surface area contributed by atoms with Crippen LogP contribution in [0.4, 0.5) is 0 Å². The Morgan fingerprint density at radius 2 is 1.94 bits per heavy atom. The molecular formula is C27H28N2O4S. The van der Waals surface area contributed by atoms with Crippen molar-refractivity contribution in [1.82, 2.24) is 9.88 Å². The van der Waals surface area contributed by atoms with Gasteiger partial charge in [0.15, 0.2) is 16.9 Å². The molecule has 5 rings (SSSR count). The predicted octanol–water partition coefficient (Wildman–Crippen LogP) is 5.04. The number of fused-ring (bicyclic) bond motifs is 4. The normalized spacial score (nSPS) is 16.1. The zero-order valence-electron chi connectivity index (χ0n) is 19.6. The molecule has 0 bridgehead atoms. The monoisotopic (exact) mass is 476 g/mol. The Morgan fingerprint density at radius 1 is 1.15 bits per heavy atom. The van der Waals surface area contributed by atoms with E-state index in [4.69, 9.17) is 9.47 Å². The van der Waals surface area contributed by atoms with Gasteiger partial charge < -0.3 is 19.4 Å². The van der Waals surface area contributed by atoms with E-state index < -0.39 is 0 Å². The molecule has 3 heterocycles. The number of nitrogens with one attached hydrogen (secondary N) is 1. The Labute approximate surface area is 203 Å². The first-order valence-corrected chi connectivity index (χ1v) is 12.5. The summed E-state index contributed by atoms with van der Waals surface area (Å²) in [5.41, 5.74) is 3.61. The fourth-order valence-electron chi connectivity index (χ4n) is 4.54. The Hall–Kier alpha value is -3.19. The molecular weight excluding hydrogens is 448 g/mol. The van der Waals surface area contributed by atoms with Gasteiger partial charge in [0.2, 0.25) is 6.79 Å². The number of nitrogens with zero attached hydrogens (tertiary/aromatic N) is 1. The molecule has 1 atom stereocenters. The number of ether oxygens (including phenoxy) is 2. The van der Waals surface area contributed by atoms with Crippen molar-refractivity contribution in [2.45, 2.75) is 43.8 Å². The van der Waals surface area contributed by atoms with Crippen molar-refractivity contribution in [1.29, 1.82) is 0 Å². The summed E-state index contributed by atoms with van der Waals surface area (Å²) >= 11 is 1.74. The summed E-state index contributed by atoms with van der Waals surface area (Å²) < 4.78 is 13.2. The van der Waals surface area contributed by atoms with E-state index in [2.05, 4.69) is 29.8 Å². The molecule has 0 aliphatic carbocycles. The van der Waals surface area contributed by atoms with Gasteiger partial charge in [0.1, 0.15) is 5.56 Å². The standard InChI is InChI=1S/C27H28N2O4S/c1-16(2)10-11-28-27(31)26-20-14-25(18-8-9-22-23(13-18)33-15-32-22)34-24-7-5-4-6-19(24)29(20)17(3)12-21(26)30/h4-9,12-13,16,25H,10-11,14-15H2,1-3H3,(H,28,31). The number of benzene rings is 2. The molecule has 1 N–H and O–H groups in total. The maximum absolute atomic E-state index is 13.3. The van der Waals surface area contributed by atoms with E-state index >= 15 is 0 Å². The first-order chi connectivity index (χ1) is 16.4. The van der Waals surface area contributed by atoms with Crippen LogP contribution < -0.4 is 20.2 Å². The summed E-state index contributed by atoms with van der Waals surface area (Å²) in [6.45, 7) is 6.91. The Bertz CT molecular complexity index is 1310. The highest BCUT2D eigenvalue weighted by Crippen LogP contribution is 2.46. The van der Waals surface area contributed by atoms with E-state index in [1.54, 1.807) is 17.8 Å². The molecule has 34 heavy (non-hydrogen) atoms. The Kier molecular flexibility index (Phi) is 6.13. The van der Waals surface area contributed by atoms with Crippen molar-refractivity contribution in [3.63, 3.8) is 0 Å². The number of carbonyl (C=O) groups excluding carboxylic acids is 1. The minimum Gasteiger partial charge on any atom is -0.454 e. The van der Waals surface area contributed by atoms with Crippen LogP contribution in [0.3, 0.4) is 0 Å². The maximum Gasteiger partial charge on any atom is 0.257 e. The van der Waals surface area contributed by atoms with Gasteiger partial charge in [-0.15, -0.1) is 11.8 Å². The van der Waals surface area contributed by atoms with Crippen molar-refractivity contribution < 1.29 is 14.3 Å². The lowest BCUT2D eigenvalue weighted by atomic mass is 10.0. The first kappa shape index (κ1) is 22.6. The van der Waals surface area contributed by atoms with Crippen molar-refractivity contribution >= 4 is 17.7 Å². The smallest absolute Gasteiger partial charge is 0.257 e. The third-order valence-corrected chi connectivity index (χ3v) is 7.58. The second-order valence-electron chi connectivity index (χ2n) is 9.14. The van der Waals surface area contributed by atoms with E-state index in [-0.39, 0.29) is 28.9 Å².